The number of imidazole rings is 1. The average Bonchev–Trinajstić information content (AvgIpc) is 3.43. The molecule has 1 aliphatic rings. The zero-order valence-electron chi connectivity index (χ0n) is 19.3. The molecule has 33 heavy (non-hydrogen) atoms. The predicted molar refractivity (Wildman–Crippen MR) is 134 cm³/mol. The molecule has 1 atom stereocenters. The van der Waals surface area contributed by atoms with Gasteiger partial charge in [-0.1, -0.05) is 68.4 Å². The number of hydrogen-bond donors (Lipinski definition) is 0. The van der Waals surface area contributed by atoms with E-state index < -0.39 is 0 Å². The van der Waals surface area contributed by atoms with Crippen LogP contribution in [-0.4, -0.2) is 44.7 Å². The van der Waals surface area contributed by atoms with Gasteiger partial charge in [0.15, 0.2) is 4.96 Å². The first kappa shape index (κ1) is 21.9. The zero-order chi connectivity index (χ0) is 22.8. The molecule has 2 aromatic heterocycles. The second kappa shape index (κ2) is 9.49. The van der Waals surface area contributed by atoms with E-state index in [-0.39, 0.29) is 5.91 Å². The number of carbonyl (C=O) groups is 1. The Hall–Kier alpha value is -2.96. The summed E-state index contributed by atoms with van der Waals surface area (Å²) in [5, 5.41) is 2.14. The van der Waals surface area contributed by atoms with Gasteiger partial charge in [-0.3, -0.25) is 14.1 Å². The fourth-order valence-electron chi connectivity index (χ4n) is 4.55. The third-order valence-electron chi connectivity index (χ3n) is 6.66. The highest BCUT2D eigenvalue weighted by Gasteiger charge is 2.25. The summed E-state index contributed by atoms with van der Waals surface area (Å²) >= 11 is 1.65. The van der Waals surface area contributed by atoms with Gasteiger partial charge in [0, 0.05) is 36.8 Å². The van der Waals surface area contributed by atoms with E-state index in [1.54, 1.807) is 11.3 Å². The molecule has 0 saturated carbocycles. The third-order valence-corrected chi connectivity index (χ3v) is 7.55. The topological polar surface area (TPSA) is 40.9 Å². The van der Waals surface area contributed by atoms with Crippen LogP contribution in [0, 0.1) is 0 Å². The quantitative estimate of drug-likeness (QED) is 0.371. The maximum absolute atomic E-state index is 12.9. The van der Waals surface area contributed by atoms with Crippen LogP contribution in [0.3, 0.4) is 0 Å². The lowest BCUT2D eigenvalue weighted by atomic mass is 9.92. The standard InChI is InChI=1S/C27H30N4OS/c1-3-20(2)23-11-7-8-12-24(23)25-17-31-22(19-33-27(31)28-25)16-30-14-13-29(18-26(30)32)15-21-9-5-4-6-10-21/h4-12,17,19-20H,3,13-16,18H2,1-2H3. The summed E-state index contributed by atoms with van der Waals surface area (Å²) in [5.74, 6) is 0.684. The second-order valence-corrected chi connectivity index (χ2v) is 9.75. The summed E-state index contributed by atoms with van der Waals surface area (Å²) in [7, 11) is 0. The van der Waals surface area contributed by atoms with Crippen LogP contribution < -0.4 is 0 Å². The van der Waals surface area contributed by atoms with Crippen LogP contribution in [0.15, 0.2) is 66.2 Å². The van der Waals surface area contributed by atoms with Gasteiger partial charge in [0.1, 0.15) is 0 Å². The molecular weight excluding hydrogens is 428 g/mol. The fourth-order valence-corrected chi connectivity index (χ4v) is 5.41. The van der Waals surface area contributed by atoms with Crippen molar-refractivity contribution in [2.45, 2.75) is 39.3 Å². The number of amides is 1. The number of hydrogen-bond acceptors (Lipinski definition) is 4. The lowest BCUT2D eigenvalue weighted by Crippen LogP contribution is -2.49. The highest BCUT2D eigenvalue weighted by atomic mass is 32.1. The number of rotatable bonds is 7. The Morgan fingerprint density at radius 3 is 2.61 bits per heavy atom. The van der Waals surface area contributed by atoms with E-state index >= 15 is 0 Å². The Morgan fingerprint density at radius 1 is 1.03 bits per heavy atom. The van der Waals surface area contributed by atoms with Crippen molar-refractivity contribution in [3.8, 4) is 11.3 Å². The van der Waals surface area contributed by atoms with Crippen LogP contribution >= 0.6 is 11.3 Å². The molecule has 1 saturated heterocycles. The highest BCUT2D eigenvalue weighted by Crippen LogP contribution is 2.32. The lowest BCUT2D eigenvalue weighted by Gasteiger charge is -2.34. The smallest absolute Gasteiger partial charge is 0.237 e. The van der Waals surface area contributed by atoms with Crippen LogP contribution in [0.4, 0.5) is 0 Å². The number of fused-ring (bicyclic) bond motifs is 1. The number of carbonyl (C=O) groups excluding carboxylic acids is 1. The predicted octanol–water partition coefficient (Wildman–Crippen LogP) is 5.42. The Kier molecular flexibility index (Phi) is 6.29. The van der Waals surface area contributed by atoms with Crippen molar-refractivity contribution < 1.29 is 4.79 Å². The van der Waals surface area contributed by atoms with Crippen molar-refractivity contribution in [1.29, 1.82) is 0 Å². The van der Waals surface area contributed by atoms with Gasteiger partial charge in [-0.25, -0.2) is 4.98 Å². The fraction of sp³-hybridized carbons (Fsp3) is 0.333. The van der Waals surface area contributed by atoms with Gasteiger partial charge in [-0.2, -0.15) is 0 Å². The molecule has 1 unspecified atom stereocenters. The van der Waals surface area contributed by atoms with Crippen molar-refractivity contribution in [3.63, 3.8) is 0 Å². The normalized spacial score (nSPS) is 15.9. The molecule has 0 bridgehead atoms. The number of nitrogens with zero attached hydrogens (tertiary/aromatic N) is 4. The Morgan fingerprint density at radius 2 is 1.82 bits per heavy atom. The molecule has 1 fully saturated rings. The first-order chi connectivity index (χ1) is 16.1. The van der Waals surface area contributed by atoms with E-state index in [1.807, 2.05) is 11.0 Å². The van der Waals surface area contributed by atoms with Crippen molar-refractivity contribution >= 4 is 22.2 Å². The molecule has 1 amide bonds. The van der Waals surface area contributed by atoms with Gasteiger partial charge in [-0.05, 0) is 23.5 Å². The SMILES string of the molecule is CCC(C)c1ccccc1-c1cn2c(CN3CCN(Cc4ccccc4)CC3=O)csc2n1. The largest absolute Gasteiger partial charge is 0.334 e. The van der Waals surface area contributed by atoms with Crippen LogP contribution in [0.5, 0.6) is 0 Å². The summed E-state index contributed by atoms with van der Waals surface area (Å²) in [5.41, 5.74) is 5.94. The maximum Gasteiger partial charge on any atom is 0.237 e. The minimum Gasteiger partial charge on any atom is -0.334 e. The number of aromatic nitrogens is 2. The van der Waals surface area contributed by atoms with Crippen molar-refractivity contribution in [2.24, 2.45) is 0 Å². The van der Waals surface area contributed by atoms with E-state index in [2.05, 4.69) is 83.3 Å². The van der Waals surface area contributed by atoms with Gasteiger partial charge in [0.2, 0.25) is 5.91 Å². The third kappa shape index (κ3) is 4.59. The molecule has 0 aliphatic carbocycles. The molecule has 1 aliphatic heterocycles. The van der Waals surface area contributed by atoms with Crippen LogP contribution in [-0.2, 0) is 17.9 Å². The summed E-state index contributed by atoms with van der Waals surface area (Å²) in [6.45, 7) is 8.06. The molecule has 0 N–H and O–H groups in total. The number of piperazine rings is 1. The monoisotopic (exact) mass is 458 g/mol. The van der Waals surface area contributed by atoms with Gasteiger partial charge in [0.25, 0.3) is 0 Å². The van der Waals surface area contributed by atoms with Gasteiger partial charge in [-0.15, -0.1) is 11.3 Å². The van der Waals surface area contributed by atoms with Crippen LogP contribution in [0.2, 0.25) is 0 Å². The lowest BCUT2D eigenvalue weighted by molar-refractivity contribution is -0.137. The molecule has 0 spiro atoms. The van der Waals surface area contributed by atoms with E-state index in [0.29, 0.717) is 19.0 Å². The van der Waals surface area contributed by atoms with E-state index in [4.69, 9.17) is 4.98 Å². The molecule has 5 nitrogen and oxygen atoms in total. The van der Waals surface area contributed by atoms with E-state index in [0.717, 1.165) is 42.4 Å². The van der Waals surface area contributed by atoms with Crippen molar-refractivity contribution in [2.75, 3.05) is 19.6 Å². The highest BCUT2D eigenvalue weighted by molar-refractivity contribution is 7.15. The molecule has 3 heterocycles. The Balaban J connectivity index is 1.31. The summed E-state index contributed by atoms with van der Waals surface area (Å²) < 4.78 is 2.16. The molecule has 170 valence electrons. The minimum absolute atomic E-state index is 0.194. The first-order valence-corrected chi connectivity index (χ1v) is 12.6. The van der Waals surface area contributed by atoms with E-state index in [9.17, 15) is 4.79 Å². The van der Waals surface area contributed by atoms with Gasteiger partial charge < -0.3 is 4.90 Å². The Bertz CT molecular complexity index is 1250. The molecule has 2 aromatic carbocycles. The number of benzene rings is 2. The maximum atomic E-state index is 12.9. The van der Waals surface area contributed by atoms with Crippen molar-refractivity contribution in [1.82, 2.24) is 19.2 Å². The first-order valence-electron chi connectivity index (χ1n) is 11.7. The molecule has 4 aromatic rings. The minimum atomic E-state index is 0.194. The molecular formula is C27H30N4OS. The molecule has 6 heteroatoms. The van der Waals surface area contributed by atoms with E-state index in [1.165, 1.54) is 16.7 Å². The second-order valence-electron chi connectivity index (χ2n) is 8.91. The zero-order valence-corrected chi connectivity index (χ0v) is 20.1. The number of thiazole rings is 1. The van der Waals surface area contributed by atoms with Crippen LogP contribution in [0.25, 0.3) is 16.2 Å². The average molecular weight is 459 g/mol. The summed E-state index contributed by atoms with van der Waals surface area (Å²) in [6, 6.07) is 18.9. The van der Waals surface area contributed by atoms with Gasteiger partial charge in [0.05, 0.1) is 24.5 Å². The van der Waals surface area contributed by atoms with Gasteiger partial charge >= 0.3 is 0 Å². The Labute approximate surface area is 199 Å². The summed E-state index contributed by atoms with van der Waals surface area (Å²) in [6.07, 6.45) is 3.24. The summed E-state index contributed by atoms with van der Waals surface area (Å²) in [4.78, 5) is 23.0. The molecule has 0 radical (unpaired) electrons. The molecule has 5 rings (SSSR count). The van der Waals surface area contributed by atoms with Crippen molar-refractivity contribution in [3.05, 3.63) is 83.0 Å². The van der Waals surface area contributed by atoms with Crippen LogP contribution in [0.1, 0.15) is 43.0 Å².